The van der Waals surface area contributed by atoms with Crippen molar-refractivity contribution in [3.63, 3.8) is 0 Å². The van der Waals surface area contributed by atoms with Crippen LogP contribution in [0.25, 0.3) is 0 Å². The van der Waals surface area contributed by atoms with Gasteiger partial charge in [0.05, 0.1) is 0 Å². The normalized spacial score (nSPS) is 10.9. The molecule has 1 N–H and O–H groups in total. The van der Waals surface area contributed by atoms with Gasteiger partial charge in [-0.3, -0.25) is 0 Å². The molecule has 2 rings (SSSR count). The first-order valence-electron chi connectivity index (χ1n) is 7.52. The molecule has 3 heteroatoms. The van der Waals surface area contributed by atoms with E-state index in [4.69, 9.17) is 4.98 Å². The lowest BCUT2D eigenvalue weighted by molar-refractivity contribution is 0.669. The number of aromatic nitrogens is 1. The van der Waals surface area contributed by atoms with Crippen LogP contribution in [0.5, 0.6) is 0 Å². The predicted octanol–water partition coefficient (Wildman–Crippen LogP) is 3.52. The van der Waals surface area contributed by atoms with E-state index in [1.54, 1.807) is 0 Å². The molecule has 3 nitrogen and oxygen atoms in total. The summed E-state index contributed by atoms with van der Waals surface area (Å²) in [6, 6.07) is 13.2. The number of rotatable bonds is 6. The second kappa shape index (κ2) is 7.23. The predicted molar refractivity (Wildman–Crippen MR) is 89.5 cm³/mol. The monoisotopic (exact) mass is 283 g/mol. The molecular formula is C18H25N3. The molecule has 0 unspecified atom stereocenters. The van der Waals surface area contributed by atoms with Gasteiger partial charge in [-0.1, -0.05) is 30.3 Å². The minimum Gasteiger partial charge on any atom is -0.350 e. The molecule has 2 aromatic rings. The van der Waals surface area contributed by atoms with Gasteiger partial charge in [0.15, 0.2) is 0 Å². The van der Waals surface area contributed by atoms with Crippen molar-refractivity contribution in [3.05, 3.63) is 59.3 Å². The van der Waals surface area contributed by atoms with E-state index in [0.717, 1.165) is 18.9 Å². The second-order valence-electron chi connectivity index (χ2n) is 5.72. The van der Waals surface area contributed by atoms with E-state index in [-0.39, 0.29) is 0 Å². The summed E-state index contributed by atoms with van der Waals surface area (Å²) in [6.07, 6.45) is 1.97. The van der Waals surface area contributed by atoms with Crippen molar-refractivity contribution in [1.29, 1.82) is 0 Å². The largest absolute Gasteiger partial charge is 0.350 e. The first-order valence-corrected chi connectivity index (χ1v) is 7.52. The minimum atomic E-state index is 0.409. The summed E-state index contributed by atoms with van der Waals surface area (Å²) in [5.41, 5.74) is 3.77. The Morgan fingerprint density at radius 2 is 1.86 bits per heavy atom. The smallest absolute Gasteiger partial charge is 0.131 e. The highest BCUT2D eigenvalue weighted by Gasteiger charge is 2.15. The van der Waals surface area contributed by atoms with Gasteiger partial charge < -0.3 is 10.2 Å². The number of pyridine rings is 1. The average Bonchev–Trinajstić information content (AvgIpc) is 2.47. The van der Waals surface area contributed by atoms with Gasteiger partial charge in [0.2, 0.25) is 0 Å². The topological polar surface area (TPSA) is 28.2 Å². The van der Waals surface area contributed by atoms with Gasteiger partial charge in [-0.05, 0) is 50.6 Å². The Kier molecular flexibility index (Phi) is 5.34. The molecule has 0 radical (unpaired) electrons. The van der Waals surface area contributed by atoms with Crippen LogP contribution in [-0.4, -0.2) is 18.1 Å². The second-order valence-corrected chi connectivity index (χ2v) is 5.72. The van der Waals surface area contributed by atoms with E-state index in [2.05, 4.69) is 67.4 Å². The molecule has 21 heavy (non-hydrogen) atoms. The molecule has 0 saturated heterocycles. The molecule has 0 aliphatic carbocycles. The first kappa shape index (κ1) is 15.5. The molecular weight excluding hydrogens is 258 g/mol. The van der Waals surface area contributed by atoms with Crippen molar-refractivity contribution in [1.82, 2.24) is 10.3 Å². The van der Waals surface area contributed by atoms with Gasteiger partial charge in [0.1, 0.15) is 5.82 Å². The summed E-state index contributed by atoms with van der Waals surface area (Å²) < 4.78 is 0. The zero-order valence-electron chi connectivity index (χ0n) is 13.4. The van der Waals surface area contributed by atoms with Crippen LogP contribution in [0.1, 0.15) is 30.5 Å². The molecule has 1 aromatic heterocycles. The van der Waals surface area contributed by atoms with Crippen molar-refractivity contribution < 1.29 is 0 Å². The zero-order chi connectivity index (χ0) is 15.2. The molecule has 0 spiro atoms. The zero-order valence-corrected chi connectivity index (χ0v) is 13.4. The summed E-state index contributed by atoms with van der Waals surface area (Å²) in [6.45, 7) is 8.31. The van der Waals surface area contributed by atoms with Gasteiger partial charge in [-0.25, -0.2) is 4.98 Å². The quantitative estimate of drug-likeness (QED) is 0.879. The number of aryl methyl sites for hydroxylation is 1. The maximum atomic E-state index is 4.70. The van der Waals surface area contributed by atoms with Crippen LogP contribution >= 0.6 is 0 Å². The summed E-state index contributed by atoms with van der Waals surface area (Å²) >= 11 is 0. The summed E-state index contributed by atoms with van der Waals surface area (Å²) in [4.78, 5) is 7.06. The third kappa shape index (κ3) is 4.05. The van der Waals surface area contributed by atoms with E-state index < -0.39 is 0 Å². The molecule has 0 fully saturated rings. The standard InChI is InChI=1S/C18H25N3/c1-14(2)21(13-16-8-6-5-7-9-16)18-15(3)10-17(11-19-4)12-20-18/h5-10,12,14,19H,11,13H2,1-4H3. The van der Waals surface area contributed by atoms with E-state index in [9.17, 15) is 0 Å². The van der Waals surface area contributed by atoms with Gasteiger partial charge in [0, 0.05) is 25.3 Å². The van der Waals surface area contributed by atoms with Crippen molar-refractivity contribution >= 4 is 5.82 Å². The fourth-order valence-corrected chi connectivity index (χ4v) is 2.51. The number of nitrogens with one attached hydrogen (secondary N) is 1. The van der Waals surface area contributed by atoms with Crippen LogP contribution in [-0.2, 0) is 13.1 Å². The van der Waals surface area contributed by atoms with Crippen molar-refractivity contribution in [3.8, 4) is 0 Å². The molecule has 0 aliphatic rings. The Morgan fingerprint density at radius 1 is 1.14 bits per heavy atom. The summed E-state index contributed by atoms with van der Waals surface area (Å²) in [5.74, 6) is 1.08. The lowest BCUT2D eigenvalue weighted by atomic mass is 10.1. The molecule has 112 valence electrons. The van der Waals surface area contributed by atoms with E-state index in [1.165, 1.54) is 16.7 Å². The van der Waals surface area contributed by atoms with Gasteiger partial charge in [-0.2, -0.15) is 0 Å². The van der Waals surface area contributed by atoms with Crippen LogP contribution in [0, 0.1) is 6.92 Å². The third-order valence-electron chi connectivity index (χ3n) is 3.58. The maximum Gasteiger partial charge on any atom is 0.131 e. The van der Waals surface area contributed by atoms with Crippen LogP contribution in [0.4, 0.5) is 5.82 Å². The first-order chi connectivity index (χ1) is 10.1. The fraction of sp³-hybridized carbons (Fsp3) is 0.389. The highest BCUT2D eigenvalue weighted by molar-refractivity contribution is 5.48. The number of benzene rings is 1. The van der Waals surface area contributed by atoms with Crippen molar-refractivity contribution in [2.24, 2.45) is 0 Å². The molecule has 1 aromatic carbocycles. The Bertz CT molecular complexity index is 564. The van der Waals surface area contributed by atoms with Gasteiger partial charge in [0.25, 0.3) is 0 Å². The Morgan fingerprint density at radius 3 is 2.43 bits per heavy atom. The fourth-order valence-electron chi connectivity index (χ4n) is 2.51. The van der Waals surface area contributed by atoms with Crippen LogP contribution < -0.4 is 10.2 Å². The summed E-state index contributed by atoms with van der Waals surface area (Å²) in [7, 11) is 1.96. The Hall–Kier alpha value is -1.87. The number of anilines is 1. The SMILES string of the molecule is CNCc1cnc(N(Cc2ccccc2)C(C)C)c(C)c1. The molecule has 0 aliphatic heterocycles. The average molecular weight is 283 g/mol. The molecule has 0 bridgehead atoms. The van der Waals surface area contributed by atoms with Crippen LogP contribution in [0.15, 0.2) is 42.6 Å². The van der Waals surface area contributed by atoms with Crippen molar-refractivity contribution in [2.45, 2.75) is 39.9 Å². The molecule has 0 atom stereocenters. The Balaban J connectivity index is 2.26. The third-order valence-corrected chi connectivity index (χ3v) is 3.58. The molecule has 0 saturated carbocycles. The molecule has 0 amide bonds. The summed E-state index contributed by atoms with van der Waals surface area (Å²) in [5, 5.41) is 3.17. The van der Waals surface area contributed by atoms with Gasteiger partial charge >= 0.3 is 0 Å². The van der Waals surface area contributed by atoms with Crippen LogP contribution in [0.3, 0.4) is 0 Å². The lowest BCUT2D eigenvalue weighted by Crippen LogP contribution is -2.31. The molecule has 1 heterocycles. The van der Waals surface area contributed by atoms with E-state index in [1.807, 2.05) is 13.2 Å². The maximum absolute atomic E-state index is 4.70. The lowest BCUT2D eigenvalue weighted by Gasteiger charge is -2.29. The number of hydrogen-bond donors (Lipinski definition) is 1. The number of nitrogens with zero attached hydrogens (tertiary/aromatic N) is 2. The highest BCUT2D eigenvalue weighted by atomic mass is 15.2. The highest BCUT2D eigenvalue weighted by Crippen LogP contribution is 2.22. The van der Waals surface area contributed by atoms with Crippen molar-refractivity contribution in [2.75, 3.05) is 11.9 Å². The van der Waals surface area contributed by atoms with Crippen LogP contribution in [0.2, 0.25) is 0 Å². The van der Waals surface area contributed by atoms with E-state index >= 15 is 0 Å². The minimum absolute atomic E-state index is 0.409. The van der Waals surface area contributed by atoms with Gasteiger partial charge in [-0.15, -0.1) is 0 Å². The number of hydrogen-bond acceptors (Lipinski definition) is 3. The van der Waals surface area contributed by atoms with E-state index in [0.29, 0.717) is 6.04 Å². The Labute approximate surface area is 128 Å².